The van der Waals surface area contributed by atoms with Crippen molar-refractivity contribution >= 4 is 27.3 Å². The van der Waals surface area contributed by atoms with E-state index >= 15 is 0 Å². The van der Waals surface area contributed by atoms with Crippen LogP contribution in [0.4, 0.5) is 15.8 Å². The van der Waals surface area contributed by atoms with Crippen molar-refractivity contribution in [2.24, 2.45) is 7.05 Å². The number of nitrogens with one attached hydrogen (secondary N) is 2. The minimum absolute atomic E-state index is 0.0217. The number of benzene rings is 2. The topological polar surface area (TPSA) is 104 Å². The molecule has 0 radical (unpaired) electrons. The molecule has 0 fully saturated rings. The van der Waals surface area contributed by atoms with E-state index in [9.17, 15) is 17.6 Å². The molecule has 9 heteroatoms. The van der Waals surface area contributed by atoms with Crippen molar-refractivity contribution < 1.29 is 17.6 Å². The second kappa shape index (κ2) is 8.48. The van der Waals surface area contributed by atoms with Gasteiger partial charge in [0.2, 0.25) is 0 Å². The zero-order chi connectivity index (χ0) is 23.8. The SMILES string of the molecule is Cc1ccc(F)c(C)c1NS(=O)(=O)c1c(C(=O)Nc2cccc(C#N)c2)c(C)n(C)c1C. The lowest BCUT2D eigenvalue weighted by Gasteiger charge is -2.15. The van der Waals surface area contributed by atoms with Gasteiger partial charge in [0.1, 0.15) is 10.7 Å². The van der Waals surface area contributed by atoms with E-state index < -0.39 is 21.7 Å². The predicted octanol–water partition coefficient (Wildman–Crippen LogP) is 4.32. The van der Waals surface area contributed by atoms with E-state index in [4.69, 9.17) is 5.26 Å². The highest BCUT2D eigenvalue weighted by atomic mass is 32.2. The summed E-state index contributed by atoms with van der Waals surface area (Å²) in [5, 5.41) is 11.7. The highest BCUT2D eigenvalue weighted by molar-refractivity contribution is 7.92. The van der Waals surface area contributed by atoms with Gasteiger partial charge in [-0.3, -0.25) is 9.52 Å². The summed E-state index contributed by atoms with van der Waals surface area (Å²) in [5.41, 5.74) is 2.36. The van der Waals surface area contributed by atoms with Crippen molar-refractivity contribution in [2.45, 2.75) is 32.6 Å². The zero-order valence-electron chi connectivity index (χ0n) is 18.4. The molecule has 3 aromatic rings. The highest BCUT2D eigenvalue weighted by Crippen LogP contribution is 2.31. The van der Waals surface area contributed by atoms with E-state index in [0.717, 1.165) is 0 Å². The number of nitriles is 1. The molecule has 1 heterocycles. The Morgan fingerprint density at radius 3 is 2.44 bits per heavy atom. The van der Waals surface area contributed by atoms with Crippen molar-refractivity contribution in [2.75, 3.05) is 10.0 Å². The summed E-state index contributed by atoms with van der Waals surface area (Å²) in [6.45, 7) is 6.40. The van der Waals surface area contributed by atoms with E-state index in [1.807, 2.05) is 6.07 Å². The van der Waals surface area contributed by atoms with Crippen molar-refractivity contribution in [3.8, 4) is 6.07 Å². The number of aromatic nitrogens is 1. The maximum absolute atomic E-state index is 14.1. The van der Waals surface area contributed by atoms with Crippen LogP contribution in [0.15, 0.2) is 41.3 Å². The van der Waals surface area contributed by atoms with Crippen LogP contribution in [0.5, 0.6) is 0 Å². The number of carbonyl (C=O) groups excluding carboxylic acids is 1. The number of hydrogen-bond acceptors (Lipinski definition) is 4. The van der Waals surface area contributed by atoms with Gasteiger partial charge in [0.05, 0.1) is 22.9 Å². The van der Waals surface area contributed by atoms with Gasteiger partial charge in [-0.05, 0) is 57.5 Å². The molecule has 0 atom stereocenters. The molecule has 0 aliphatic heterocycles. The summed E-state index contributed by atoms with van der Waals surface area (Å²) in [5.74, 6) is -1.17. The third-order valence-corrected chi connectivity index (χ3v) is 7.02. The molecule has 3 rings (SSSR count). The van der Waals surface area contributed by atoms with Crippen molar-refractivity contribution in [3.63, 3.8) is 0 Å². The molecule has 0 aliphatic carbocycles. The van der Waals surface area contributed by atoms with Crippen LogP contribution >= 0.6 is 0 Å². The van der Waals surface area contributed by atoms with Gasteiger partial charge in [-0.15, -0.1) is 0 Å². The van der Waals surface area contributed by atoms with Gasteiger partial charge in [-0.2, -0.15) is 5.26 Å². The number of rotatable bonds is 5. The maximum atomic E-state index is 14.1. The van der Waals surface area contributed by atoms with Gasteiger partial charge in [0.15, 0.2) is 0 Å². The summed E-state index contributed by atoms with van der Waals surface area (Å²) in [4.78, 5) is 13.0. The molecular weight excluding hydrogens is 431 g/mol. The average molecular weight is 455 g/mol. The average Bonchev–Trinajstić information content (AvgIpc) is 2.98. The molecule has 1 amide bonds. The van der Waals surface area contributed by atoms with Gasteiger partial charge in [-0.25, -0.2) is 12.8 Å². The fourth-order valence-corrected chi connectivity index (χ4v) is 5.26. The van der Waals surface area contributed by atoms with Crippen LogP contribution in [0.3, 0.4) is 0 Å². The summed E-state index contributed by atoms with van der Waals surface area (Å²) in [6, 6.07) is 11.1. The number of anilines is 2. The third-order valence-electron chi connectivity index (χ3n) is 5.51. The van der Waals surface area contributed by atoms with Gasteiger partial charge < -0.3 is 9.88 Å². The summed E-state index contributed by atoms with van der Waals surface area (Å²) < 4.78 is 45.0. The van der Waals surface area contributed by atoms with Gasteiger partial charge in [-0.1, -0.05) is 12.1 Å². The molecule has 0 aliphatic rings. The second-order valence-electron chi connectivity index (χ2n) is 7.55. The van der Waals surface area contributed by atoms with Crippen molar-refractivity contribution in [1.29, 1.82) is 5.26 Å². The summed E-state index contributed by atoms with van der Waals surface area (Å²) in [6.07, 6.45) is 0. The molecule has 0 unspecified atom stereocenters. The van der Waals surface area contributed by atoms with Crippen LogP contribution in [0.25, 0.3) is 0 Å². The Hall–Kier alpha value is -3.64. The first kappa shape index (κ1) is 23.0. The number of aryl methyl sites for hydroxylation is 1. The predicted molar refractivity (Wildman–Crippen MR) is 121 cm³/mol. The first-order valence-corrected chi connectivity index (χ1v) is 11.2. The number of hydrogen-bond donors (Lipinski definition) is 2. The van der Waals surface area contributed by atoms with E-state index in [0.29, 0.717) is 28.2 Å². The van der Waals surface area contributed by atoms with E-state index in [-0.39, 0.29) is 21.7 Å². The lowest BCUT2D eigenvalue weighted by Crippen LogP contribution is -2.21. The maximum Gasteiger partial charge on any atom is 0.264 e. The lowest BCUT2D eigenvalue weighted by atomic mass is 10.1. The third kappa shape index (κ3) is 4.09. The molecule has 0 spiro atoms. The Bertz CT molecular complexity index is 1390. The quantitative estimate of drug-likeness (QED) is 0.599. The fourth-order valence-electron chi connectivity index (χ4n) is 3.54. The zero-order valence-corrected chi connectivity index (χ0v) is 19.2. The van der Waals surface area contributed by atoms with Gasteiger partial charge >= 0.3 is 0 Å². The molecule has 2 aromatic carbocycles. The smallest absolute Gasteiger partial charge is 0.264 e. The van der Waals surface area contributed by atoms with Crippen molar-refractivity contribution in [3.05, 3.63) is 75.9 Å². The van der Waals surface area contributed by atoms with Gasteiger partial charge in [0, 0.05) is 29.7 Å². The van der Waals surface area contributed by atoms with E-state index in [1.54, 1.807) is 50.6 Å². The summed E-state index contributed by atoms with van der Waals surface area (Å²) >= 11 is 0. The van der Waals surface area contributed by atoms with E-state index in [2.05, 4.69) is 10.0 Å². The highest BCUT2D eigenvalue weighted by Gasteiger charge is 2.31. The fraction of sp³-hybridized carbons (Fsp3) is 0.217. The van der Waals surface area contributed by atoms with Crippen LogP contribution in [0.2, 0.25) is 0 Å². The molecular formula is C23H23FN4O3S. The number of sulfonamides is 1. The normalized spacial score (nSPS) is 11.2. The standard InChI is InChI=1S/C23H23FN4O3S/c1-13-9-10-19(24)14(2)21(13)27-32(30,31)22-16(4)28(5)15(3)20(22)23(29)26-18-8-6-7-17(11-18)12-25/h6-11,27H,1-5H3,(H,26,29). The number of amides is 1. The van der Waals surface area contributed by atoms with Crippen molar-refractivity contribution in [1.82, 2.24) is 4.57 Å². The Morgan fingerprint density at radius 1 is 1.09 bits per heavy atom. The molecule has 32 heavy (non-hydrogen) atoms. The Kier molecular flexibility index (Phi) is 6.10. The monoisotopic (exact) mass is 454 g/mol. The minimum Gasteiger partial charge on any atom is -0.350 e. The summed E-state index contributed by atoms with van der Waals surface area (Å²) in [7, 11) is -2.58. The molecule has 166 valence electrons. The van der Waals surface area contributed by atoms with Crippen LogP contribution in [-0.2, 0) is 17.1 Å². The largest absolute Gasteiger partial charge is 0.350 e. The molecule has 0 saturated carbocycles. The first-order chi connectivity index (χ1) is 15.0. The number of halogens is 1. The Labute approximate surface area is 186 Å². The van der Waals surface area contributed by atoms with Crippen LogP contribution in [-0.4, -0.2) is 18.9 Å². The van der Waals surface area contributed by atoms with Crippen LogP contribution in [0.1, 0.15) is 38.4 Å². The van der Waals surface area contributed by atoms with E-state index in [1.165, 1.54) is 25.1 Å². The molecule has 0 bridgehead atoms. The van der Waals surface area contributed by atoms with Gasteiger partial charge in [0.25, 0.3) is 15.9 Å². The first-order valence-electron chi connectivity index (χ1n) is 9.73. The lowest BCUT2D eigenvalue weighted by molar-refractivity contribution is 0.102. The second-order valence-corrected chi connectivity index (χ2v) is 9.17. The molecule has 7 nitrogen and oxygen atoms in total. The Balaban J connectivity index is 2.10. The number of nitrogens with zero attached hydrogens (tertiary/aromatic N) is 2. The molecule has 0 saturated heterocycles. The minimum atomic E-state index is -4.24. The number of carbonyl (C=O) groups is 1. The molecule has 2 N–H and O–H groups in total. The molecule has 1 aromatic heterocycles. The van der Waals surface area contributed by atoms with Crippen LogP contribution < -0.4 is 10.0 Å². The van der Waals surface area contributed by atoms with Crippen LogP contribution in [0, 0.1) is 44.8 Å². The Morgan fingerprint density at radius 2 is 1.78 bits per heavy atom.